The Morgan fingerprint density at radius 1 is 0.706 bits per heavy atom. The molecule has 0 aliphatic carbocycles. The number of aromatic nitrogens is 2. The van der Waals surface area contributed by atoms with Crippen molar-refractivity contribution in [1.82, 2.24) is 9.97 Å². The van der Waals surface area contributed by atoms with Crippen LogP contribution in [-0.4, -0.2) is 31.7 Å². The van der Waals surface area contributed by atoms with Crippen molar-refractivity contribution in [2.45, 2.75) is 4.90 Å². The average Bonchev–Trinajstić information content (AvgIpc) is 2.83. The van der Waals surface area contributed by atoms with Gasteiger partial charge in [0, 0.05) is 23.2 Å². The average molecular weight is 493 g/mol. The standard InChI is InChI=1S/C24H16N2O6S2/c27-33(28)32-17-5-1-15(2-6-17)19-11-13-25-23-21(19)9-10-22-20(12-14-26-24(22)23)16-3-7-18(8-4-16)34(29,30)31/h1-14H,(H,27,28)(H,29,30,31). The fourth-order valence-electron chi connectivity index (χ4n) is 3.91. The van der Waals surface area contributed by atoms with E-state index in [1.807, 2.05) is 24.3 Å². The summed E-state index contributed by atoms with van der Waals surface area (Å²) in [4.78, 5) is 8.94. The van der Waals surface area contributed by atoms with Crippen LogP contribution in [0.15, 0.2) is 90.1 Å². The number of hydrogen-bond donors (Lipinski definition) is 2. The van der Waals surface area contributed by atoms with Crippen LogP contribution in [0.5, 0.6) is 5.75 Å². The number of rotatable bonds is 5. The zero-order valence-corrected chi connectivity index (χ0v) is 19.0. The van der Waals surface area contributed by atoms with Gasteiger partial charge in [-0.05, 0) is 58.7 Å². The van der Waals surface area contributed by atoms with Crippen molar-refractivity contribution in [3.05, 3.63) is 85.2 Å². The molecule has 0 spiro atoms. The zero-order valence-electron chi connectivity index (χ0n) is 17.3. The molecule has 0 amide bonds. The van der Waals surface area contributed by atoms with Gasteiger partial charge in [0.15, 0.2) is 0 Å². The first-order valence-corrected chi connectivity index (χ1v) is 12.4. The predicted octanol–water partition coefficient (Wildman–Crippen LogP) is 4.88. The van der Waals surface area contributed by atoms with Crippen LogP contribution in [-0.2, 0) is 21.5 Å². The number of hydrogen-bond acceptors (Lipinski definition) is 6. The summed E-state index contributed by atoms with van der Waals surface area (Å²) in [7, 11) is -4.27. The summed E-state index contributed by atoms with van der Waals surface area (Å²) in [6, 6.07) is 20.4. The van der Waals surface area contributed by atoms with Crippen LogP contribution in [0.3, 0.4) is 0 Å². The van der Waals surface area contributed by atoms with E-state index in [-0.39, 0.29) is 10.6 Å². The van der Waals surface area contributed by atoms with Gasteiger partial charge in [-0.2, -0.15) is 12.6 Å². The fraction of sp³-hybridized carbons (Fsp3) is 0. The van der Waals surface area contributed by atoms with Gasteiger partial charge in [-0.15, -0.1) is 0 Å². The summed E-state index contributed by atoms with van der Waals surface area (Å²) in [5.74, 6) is 0.278. The molecular formula is C24H16N2O6S2. The van der Waals surface area contributed by atoms with Crippen molar-refractivity contribution in [1.29, 1.82) is 0 Å². The molecule has 10 heteroatoms. The normalized spacial score (nSPS) is 12.6. The molecule has 34 heavy (non-hydrogen) atoms. The van der Waals surface area contributed by atoms with Gasteiger partial charge in [-0.1, -0.05) is 36.4 Å². The van der Waals surface area contributed by atoms with Gasteiger partial charge in [-0.25, -0.2) is 0 Å². The molecule has 0 saturated carbocycles. The van der Waals surface area contributed by atoms with Gasteiger partial charge in [0.05, 0.1) is 15.9 Å². The van der Waals surface area contributed by atoms with Crippen LogP contribution in [0.2, 0.25) is 0 Å². The maximum absolute atomic E-state index is 11.4. The highest BCUT2D eigenvalue weighted by molar-refractivity contribution is 7.85. The third-order valence-corrected chi connectivity index (χ3v) is 6.62. The minimum Gasteiger partial charge on any atom is -0.380 e. The molecule has 3 aromatic carbocycles. The van der Waals surface area contributed by atoms with E-state index in [0.29, 0.717) is 11.0 Å². The summed E-state index contributed by atoms with van der Waals surface area (Å²) in [5.41, 5.74) is 4.79. The Balaban J connectivity index is 1.63. The Morgan fingerprint density at radius 2 is 1.18 bits per heavy atom. The van der Waals surface area contributed by atoms with Gasteiger partial charge in [0.2, 0.25) is 0 Å². The molecule has 0 saturated heterocycles. The van der Waals surface area contributed by atoms with Crippen LogP contribution in [0.1, 0.15) is 0 Å². The highest BCUT2D eigenvalue weighted by atomic mass is 32.2. The van der Waals surface area contributed by atoms with Gasteiger partial charge in [0.25, 0.3) is 10.1 Å². The van der Waals surface area contributed by atoms with Crippen molar-refractivity contribution < 1.29 is 25.9 Å². The predicted molar refractivity (Wildman–Crippen MR) is 129 cm³/mol. The lowest BCUT2D eigenvalue weighted by molar-refractivity contribution is 0.458. The first-order valence-electron chi connectivity index (χ1n) is 9.95. The second kappa shape index (κ2) is 8.58. The minimum atomic E-state index is -4.27. The highest BCUT2D eigenvalue weighted by Crippen LogP contribution is 2.35. The Bertz CT molecular complexity index is 1670. The smallest absolute Gasteiger partial charge is 0.357 e. The van der Waals surface area contributed by atoms with Crippen molar-refractivity contribution in [3.8, 4) is 28.0 Å². The van der Waals surface area contributed by atoms with Crippen LogP contribution in [0.25, 0.3) is 44.1 Å². The third kappa shape index (κ3) is 4.15. The summed E-state index contributed by atoms with van der Waals surface area (Å²) in [6.45, 7) is 0. The van der Waals surface area contributed by atoms with E-state index in [9.17, 15) is 17.2 Å². The Morgan fingerprint density at radius 3 is 1.62 bits per heavy atom. The first-order chi connectivity index (χ1) is 16.3. The Kier molecular flexibility index (Phi) is 5.58. The van der Waals surface area contributed by atoms with Gasteiger partial charge < -0.3 is 4.18 Å². The van der Waals surface area contributed by atoms with Crippen LogP contribution in [0.4, 0.5) is 0 Å². The summed E-state index contributed by atoms with van der Waals surface area (Å²) in [6.07, 6.45) is 3.36. The molecule has 170 valence electrons. The maximum Gasteiger partial charge on any atom is 0.357 e. The van der Waals surface area contributed by atoms with Gasteiger partial charge in [-0.3, -0.25) is 19.1 Å². The molecule has 2 heterocycles. The van der Waals surface area contributed by atoms with Gasteiger partial charge in [0.1, 0.15) is 5.75 Å². The minimum absolute atomic E-state index is 0.173. The maximum atomic E-state index is 11.4. The topological polar surface area (TPSA) is 127 Å². The monoisotopic (exact) mass is 492 g/mol. The van der Waals surface area contributed by atoms with Gasteiger partial charge >= 0.3 is 11.4 Å². The molecule has 0 bridgehead atoms. The first kappa shape index (κ1) is 22.1. The zero-order chi connectivity index (χ0) is 23.9. The molecule has 5 rings (SSSR count). The Hall–Kier alpha value is -3.70. The fourth-order valence-corrected chi connectivity index (χ4v) is 4.67. The molecule has 5 aromatic rings. The summed E-state index contributed by atoms with van der Waals surface area (Å²) < 4.78 is 56.5. The Labute approximate surface area is 197 Å². The molecule has 2 aromatic heterocycles. The van der Waals surface area contributed by atoms with Crippen molar-refractivity contribution >= 4 is 43.3 Å². The highest BCUT2D eigenvalue weighted by Gasteiger charge is 2.14. The molecule has 0 radical (unpaired) electrons. The number of nitrogens with zero attached hydrogens (tertiary/aromatic N) is 2. The molecule has 0 aliphatic rings. The summed E-state index contributed by atoms with van der Waals surface area (Å²) in [5, 5.41) is 1.72. The van der Waals surface area contributed by atoms with E-state index >= 15 is 0 Å². The lowest BCUT2D eigenvalue weighted by Gasteiger charge is -2.11. The van der Waals surface area contributed by atoms with E-state index in [0.717, 1.165) is 33.0 Å². The van der Waals surface area contributed by atoms with Crippen LogP contribution >= 0.6 is 0 Å². The second-order valence-corrected chi connectivity index (χ2v) is 9.42. The molecule has 2 N–H and O–H groups in total. The molecule has 1 unspecified atom stereocenters. The lowest BCUT2D eigenvalue weighted by atomic mass is 9.96. The number of benzene rings is 3. The third-order valence-electron chi connectivity index (χ3n) is 5.42. The SMILES string of the molecule is O=S(O)Oc1ccc(-c2ccnc3c2ccc2c(-c4ccc(S(=O)(=O)O)cc4)ccnc23)cc1. The molecular weight excluding hydrogens is 476 g/mol. The van der Waals surface area contributed by atoms with E-state index < -0.39 is 21.5 Å². The van der Waals surface area contributed by atoms with E-state index in [4.69, 9.17) is 8.74 Å². The van der Waals surface area contributed by atoms with Crippen molar-refractivity contribution in [3.63, 3.8) is 0 Å². The molecule has 8 nitrogen and oxygen atoms in total. The molecule has 0 aliphatic heterocycles. The molecule has 0 fully saturated rings. The lowest BCUT2D eigenvalue weighted by Crippen LogP contribution is -1.97. The number of pyridine rings is 2. The quantitative estimate of drug-likeness (QED) is 0.202. The van der Waals surface area contributed by atoms with Crippen LogP contribution in [0, 0.1) is 0 Å². The summed E-state index contributed by atoms with van der Waals surface area (Å²) >= 11 is -2.39. The molecule has 1 atom stereocenters. The number of fused-ring (bicyclic) bond motifs is 3. The largest absolute Gasteiger partial charge is 0.380 e. The van der Waals surface area contributed by atoms with E-state index in [2.05, 4.69) is 9.97 Å². The van der Waals surface area contributed by atoms with Crippen molar-refractivity contribution in [2.24, 2.45) is 0 Å². The van der Waals surface area contributed by atoms with Crippen LogP contribution < -0.4 is 4.18 Å². The second-order valence-electron chi connectivity index (χ2n) is 7.40. The van der Waals surface area contributed by atoms with E-state index in [1.165, 1.54) is 12.1 Å². The van der Waals surface area contributed by atoms with E-state index in [1.54, 1.807) is 48.8 Å². The van der Waals surface area contributed by atoms with Crippen molar-refractivity contribution in [2.75, 3.05) is 0 Å².